The van der Waals surface area contributed by atoms with Gasteiger partial charge in [-0.05, 0) is 25.0 Å². The van der Waals surface area contributed by atoms with E-state index in [1.807, 2.05) is 0 Å². The highest BCUT2D eigenvalue weighted by atomic mass is 19.1. The summed E-state index contributed by atoms with van der Waals surface area (Å²) in [4.78, 5) is 11.9. The second-order valence-electron chi connectivity index (χ2n) is 3.69. The van der Waals surface area contributed by atoms with Crippen LogP contribution in [0, 0.1) is 5.82 Å². The van der Waals surface area contributed by atoms with E-state index < -0.39 is 11.9 Å². The average Bonchev–Trinajstić information content (AvgIpc) is 2.82. The molecule has 0 spiro atoms. The molecule has 0 amide bonds. The Labute approximate surface area is 93.2 Å². The number of rotatable bonds is 3. The Morgan fingerprint density at radius 2 is 2.38 bits per heavy atom. The topological polar surface area (TPSA) is 35.5 Å². The molecule has 0 saturated carbocycles. The molecule has 1 saturated heterocycles. The van der Waals surface area contributed by atoms with Gasteiger partial charge in [-0.3, -0.25) is 4.79 Å². The fraction of sp³-hybridized carbons (Fsp3) is 0.417. The van der Waals surface area contributed by atoms with E-state index in [0.717, 1.165) is 6.42 Å². The van der Waals surface area contributed by atoms with Gasteiger partial charge in [-0.25, -0.2) is 4.39 Å². The molecule has 1 atom stereocenters. The molecule has 0 aliphatic carbocycles. The van der Waals surface area contributed by atoms with Crippen molar-refractivity contribution in [3.8, 4) is 5.75 Å². The zero-order chi connectivity index (χ0) is 11.5. The molecule has 1 aromatic rings. The Hall–Kier alpha value is -1.42. The molecule has 0 N–H and O–H groups in total. The molecule has 1 aliphatic heterocycles. The van der Waals surface area contributed by atoms with Crippen LogP contribution < -0.4 is 4.74 Å². The van der Waals surface area contributed by atoms with E-state index >= 15 is 0 Å². The molecule has 0 aromatic heterocycles. The minimum Gasteiger partial charge on any atom is -0.494 e. The SMILES string of the molecule is COc1cccc(C(=O)C2CCCO2)c1F. The van der Waals surface area contributed by atoms with Crippen LogP contribution in [-0.2, 0) is 4.74 Å². The highest BCUT2D eigenvalue weighted by molar-refractivity contribution is 6.00. The maximum atomic E-state index is 13.8. The minimum atomic E-state index is -0.606. The van der Waals surface area contributed by atoms with Gasteiger partial charge >= 0.3 is 0 Å². The number of Topliss-reactive ketones (excluding diaryl/α,β-unsaturated/α-hetero) is 1. The summed E-state index contributed by atoms with van der Waals surface area (Å²) in [6.07, 6.45) is 1.01. The van der Waals surface area contributed by atoms with Crippen LogP contribution in [0.15, 0.2) is 18.2 Å². The lowest BCUT2D eigenvalue weighted by Crippen LogP contribution is -2.20. The molecule has 16 heavy (non-hydrogen) atoms. The lowest BCUT2D eigenvalue weighted by atomic mass is 10.0. The zero-order valence-corrected chi connectivity index (χ0v) is 9.03. The Kier molecular flexibility index (Phi) is 3.19. The summed E-state index contributed by atoms with van der Waals surface area (Å²) in [5.74, 6) is -0.816. The maximum absolute atomic E-state index is 13.8. The van der Waals surface area contributed by atoms with Crippen molar-refractivity contribution in [2.24, 2.45) is 0 Å². The van der Waals surface area contributed by atoms with Gasteiger partial charge in [0.25, 0.3) is 0 Å². The van der Waals surface area contributed by atoms with Crippen LogP contribution in [0.25, 0.3) is 0 Å². The van der Waals surface area contributed by atoms with Gasteiger partial charge in [-0.2, -0.15) is 0 Å². The molecule has 2 rings (SSSR count). The number of carbonyl (C=O) groups is 1. The van der Waals surface area contributed by atoms with Crippen molar-refractivity contribution >= 4 is 5.78 Å². The lowest BCUT2D eigenvalue weighted by molar-refractivity contribution is 0.0638. The number of benzene rings is 1. The molecular formula is C12H13FO3. The highest BCUT2D eigenvalue weighted by Gasteiger charge is 2.27. The monoisotopic (exact) mass is 224 g/mol. The first-order valence-corrected chi connectivity index (χ1v) is 5.22. The quantitative estimate of drug-likeness (QED) is 0.738. The number of hydrogen-bond donors (Lipinski definition) is 0. The van der Waals surface area contributed by atoms with Gasteiger partial charge in [-0.15, -0.1) is 0 Å². The molecule has 4 heteroatoms. The third kappa shape index (κ3) is 1.93. The van der Waals surface area contributed by atoms with Crippen molar-refractivity contribution in [2.45, 2.75) is 18.9 Å². The van der Waals surface area contributed by atoms with E-state index in [1.165, 1.54) is 19.2 Å². The van der Waals surface area contributed by atoms with Crippen molar-refractivity contribution < 1.29 is 18.7 Å². The lowest BCUT2D eigenvalue weighted by Gasteiger charge is -2.10. The van der Waals surface area contributed by atoms with Crippen molar-refractivity contribution in [1.29, 1.82) is 0 Å². The minimum absolute atomic E-state index is 0.0475. The van der Waals surface area contributed by atoms with Gasteiger partial charge in [0.05, 0.1) is 12.7 Å². The summed E-state index contributed by atoms with van der Waals surface area (Å²) < 4.78 is 23.8. The van der Waals surface area contributed by atoms with Crippen molar-refractivity contribution in [3.05, 3.63) is 29.6 Å². The van der Waals surface area contributed by atoms with E-state index in [9.17, 15) is 9.18 Å². The third-order valence-electron chi connectivity index (χ3n) is 2.67. The number of halogens is 1. The first-order chi connectivity index (χ1) is 7.74. The number of ether oxygens (including phenoxy) is 2. The van der Waals surface area contributed by atoms with Gasteiger partial charge in [0.1, 0.15) is 6.10 Å². The van der Waals surface area contributed by atoms with Crippen LogP contribution in [-0.4, -0.2) is 25.6 Å². The first kappa shape index (κ1) is 11.1. The Morgan fingerprint density at radius 1 is 1.56 bits per heavy atom. The smallest absolute Gasteiger partial charge is 0.194 e. The summed E-state index contributed by atoms with van der Waals surface area (Å²) in [5.41, 5.74) is 0.0475. The van der Waals surface area contributed by atoms with Crippen LogP contribution in [0.3, 0.4) is 0 Å². The predicted molar refractivity (Wildman–Crippen MR) is 56.3 cm³/mol. The average molecular weight is 224 g/mol. The molecule has 0 bridgehead atoms. The standard InChI is InChI=1S/C12H13FO3/c1-15-9-5-2-4-8(11(9)13)12(14)10-6-3-7-16-10/h2,4-5,10H,3,6-7H2,1H3. The molecule has 0 radical (unpaired) electrons. The zero-order valence-electron chi connectivity index (χ0n) is 9.03. The molecule has 86 valence electrons. The highest BCUT2D eigenvalue weighted by Crippen LogP contribution is 2.24. The molecule has 1 aromatic carbocycles. The summed E-state index contributed by atoms with van der Waals surface area (Å²) >= 11 is 0. The largest absolute Gasteiger partial charge is 0.494 e. The maximum Gasteiger partial charge on any atom is 0.194 e. The second-order valence-corrected chi connectivity index (χ2v) is 3.69. The normalized spacial score (nSPS) is 19.8. The van der Waals surface area contributed by atoms with Gasteiger partial charge in [0, 0.05) is 6.61 Å². The Bertz CT molecular complexity index is 397. The Morgan fingerprint density at radius 3 is 3.00 bits per heavy atom. The van der Waals surface area contributed by atoms with Crippen LogP contribution in [0.1, 0.15) is 23.2 Å². The van der Waals surface area contributed by atoms with Crippen LogP contribution in [0.5, 0.6) is 5.75 Å². The fourth-order valence-corrected chi connectivity index (χ4v) is 1.82. The van der Waals surface area contributed by atoms with E-state index in [-0.39, 0.29) is 17.1 Å². The molecule has 1 aliphatic rings. The fourth-order valence-electron chi connectivity index (χ4n) is 1.82. The van der Waals surface area contributed by atoms with Crippen LogP contribution in [0.4, 0.5) is 4.39 Å². The first-order valence-electron chi connectivity index (χ1n) is 5.22. The van der Waals surface area contributed by atoms with Crippen LogP contribution in [0.2, 0.25) is 0 Å². The van der Waals surface area contributed by atoms with Gasteiger partial charge in [-0.1, -0.05) is 6.07 Å². The molecule has 3 nitrogen and oxygen atoms in total. The van der Waals surface area contributed by atoms with E-state index in [0.29, 0.717) is 13.0 Å². The predicted octanol–water partition coefficient (Wildman–Crippen LogP) is 2.20. The summed E-state index contributed by atoms with van der Waals surface area (Å²) in [6.45, 7) is 0.571. The van der Waals surface area contributed by atoms with Gasteiger partial charge in [0.15, 0.2) is 17.3 Å². The number of carbonyl (C=O) groups excluding carboxylic acids is 1. The summed E-state index contributed by atoms with van der Waals surface area (Å²) in [5, 5.41) is 0. The van der Waals surface area contributed by atoms with Gasteiger partial charge < -0.3 is 9.47 Å². The number of methoxy groups -OCH3 is 1. The van der Waals surface area contributed by atoms with Crippen molar-refractivity contribution in [3.63, 3.8) is 0 Å². The molecule has 1 fully saturated rings. The second kappa shape index (κ2) is 4.61. The number of hydrogen-bond acceptors (Lipinski definition) is 3. The van der Waals surface area contributed by atoms with E-state index in [1.54, 1.807) is 6.07 Å². The molecule has 1 heterocycles. The molecule has 1 unspecified atom stereocenters. The van der Waals surface area contributed by atoms with E-state index in [2.05, 4.69) is 0 Å². The Balaban J connectivity index is 2.29. The van der Waals surface area contributed by atoms with Crippen molar-refractivity contribution in [2.75, 3.05) is 13.7 Å². The third-order valence-corrected chi connectivity index (χ3v) is 2.67. The van der Waals surface area contributed by atoms with Crippen LogP contribution >= 0.6 is 0 Å². The summed E-state index contributed by atoms with van der Waals surface area (Å²) in [7, 11) is 1.37. The van der Waals surface area contributed by atoms with Crippen molar-refractivity contribution in [1.82, 2.24) is 0 Å². The molecular weight excluding hydrogens is 211 g/mol. The van der Waals surface area contributed by atoms with E-state index in [4.69, 9.17) is 9.47 Å². The van der Waals surface area contributed by atoms with Gasteiger partial charge in [0.2, 0.25) is 0 Å². The summed E-state index contributed by atoms with van der Waals surface area (Å²) in [6, 6.07) is 4.55. The number of ketones is 1.